The normalized spacial score (nSPS) is 16.4. The topological polar surface area (TPSA) is 173 Å². The van der Waals surface area contributed by atoms with Crippen molar-refractivity contribution in [2.24, 2.45) is 0 Å². The molecule has 0 saturated heterocycles. The highest BCUT2D eigenvalue weighted by Gasteiger charge is 2.58. The van der Waals surface area contributed by atoms with Gasteiger partial charge >= 0.3 is 0 Å². The maximum absolute atomic E-state index is 16.2. The largest absolute Gasteiger partial charge is 0.438 e. The lowest BCUT2D eigenvalue weighted by Crippen LogP contribution is -2.38. The van der Waals surface area contributed by atoms with Crippen LogP contribution in [0.4, 0.5) is 28.4 Å². The van der Waals surface area contributed by atoms with Crippen LogP contribution in [0.25, 0.3) is 22.3 Å². The molecular formula is C64H55N5O3P2. The Kier molecular flexibility index (Phi) is 12.1. The van der Waals surface area contributed by atoms with E-state index in [0.29, 0.717) is 45.7 Å². The number of hydrogen-bond acceptors (Lipinski definition) is 8. The smallest absolute Gasteiger partial charge is 0.296 e. The zero-order chi connectivity index (χ0) is 51.2. The lowest BCUT2D eigenvalue weighted by molar-refractivity contribution is 0.469. The predicted octanol–water partition coefficient (Wildman–Crippen LogP) is 13.7. The summed E-state index contributed by atoms with van der Waals surface area (Å²) >= 11 is 0. The number of fused-ring (bicyclic) bond motifs is 6. The molecule has 0 aromatic heterocycles. The molecule has 0 bridgehead atoms. The van der Waals surface area contributed by atoms with Crippen LogP contribution in [0, 0.1) is 6.92 Å². The Hall–Kier alpha value is -8.54. The van der Waals surface area contributed by atoms with Crippen molar-refractivity contribution in [2.75, 3.05) is 28.7 Å². The van der Waals surface area contributed by atoms with Crippen LogP contribution in [-0.2, 0) is 25.6 Å². The van der Waals surface area contributed by atoms with E-state index in [1.165, 1.54) is 0 Å². The van der Waals surface area contributed by atoms with Gasteiger partial charge in [-0.3, -0.25) is 4.57 Å². The average molecular weight is 1000 g/mol. The van der Waals surface area contributed by atoms with Crippen molar-refractivity contribution in [1.29, 1.82) is 0 Å². The Morgan fingerprint density at radius 2 is 0.676 bits per heavy atom. The van der Waals surface area contributed by atoms with Gasteiger partial charge in [0, 0.05) is 45.5 Å². The molecular weight excluding hydrogens is 949 g/mol. The summed E-state index contributed by atoms with van der Waals surface area (Å²) < 4.78 is 38.9. The molecule has 74 heavy (non-hydrogen) atoms. The summed E-state index contributed by atoms with van der Waals surface area (Å²) in [6.45, 7) is 2.08. The predicted molar refractivity (Wildman–Crippen MR) is 308 cm³/mol. The number of nitrogens with two attached hydrogens (primary N) is 5. The number of nitrogen functional groups attached to an aromatic ring is 5. The highest BCUT2D eigenvalue weighted by molar-refractivity contribution is 7.73. The van der Waals surface area contributed by atoms with Crippen molar-refractivity contribution in [2.45, 2.75) is 23.4 Å². The first-order chi connectivity index (χ1) is 35.9. The van der Waals surface area contributed by atoms with Crippen LogP contribution < -0.4 is 43.8 Å². The molecule has 2 heterocycles. The van der Waals surface area contributed by atoms with Crippen LogP contribution >= 0.6 is 14.5 Å². The summed E-state index contributed by atoms with van der Waals surface area (Å²) in [5.41, 5.74) is 45.3. The number of benzene rings is 10. The van der Waals surface area contributed by atoms with Gasteiger partial charge in [-0.2, -0.15) is 0 Å². The lowest BCUT2D eigenvalue weighted by atomic mass is 9.83. The van der Waals surface area contributed by atoms with Crippen LogP contribution in [-0.4, -0.2) is 0 Å². The van der Waals surface area contributed by atoms with Gasteiger partial charge in [-0.25, -0.2) is 0 Å². The second-order valence-electron chi connectivity index (χ2n) is 19.1. The minimum atomic E-state index is -3.81. The number of aryl methyl sites for hydroxylation is 1. The molecule has 0 radical (unpaired) electrons. The third-order valence-corrected chi connectivity index (χ3v) is 21.7. The molecule has 0 aliphatic carbocycles. The van der Waals surface area contributed by atoms with Crippen molar-refractivity contribution in [3.05, 3.63) is 287 Å². The van der Waals surface area contributed by atoms with E-state index in [1.54, 1.807) is 0 Å². The number of hydrogen-bond donors (Lipinski definition) is 5. The van der Waals surface area contributed by atoms with E-state index in [9.17, 15) is 0 Å². The molecule has 364 valence electrons. The summed E-state index contributed by atoms with van der Waals surface area (Å²) in [5.74, 6) is 0.579. The third kappa shape index (κ3) is 7.69. The lowest BCUT2D eigenvalue weighted by Gasteiger charge is -2.45. The van der Waals surface area contributed by atoms with Gasteiger partial charge in [0.25, 0.3) is 7.37 Å². The minimum absolute atomic E-state index is 0.447. The quantitative estimate of drug-likeness (QED) is 0.0568. The number of anilines is 5. The van der Waals surface area contributed by atoms with Gasteiger partial charge in [0.15, 0.2) is 0 Å². The van der Waals surface area contributed by atoms with E-state index >= 15 is 9.13 Å². The zero-order valence-electron chi connectivity index (χ0n) is 40.8. The van der Waals surface area contributed by atoms with Crippen molar-refractivity contribution in [1.82, 2.24) is 0 Å². The molecule has 10 aromatic rings. The molecule has 2 aliphatic rings. The molecule has 2 aliphatic heterocycles. The van der Waals surface area contributed by atoms with Gasteiger partial charge in [-0.1, -0.05) is 175 Å². The third-order valence-electron chi connectivity index (χ3n) is 14.7. The van der Waals surface area contributed by atoms with Crippen LogP contribution in [0.3, 0.4) is 0 Å². The Morgan fingerprint density at radius 3 is 1.12 bits per heavy atom. The number of para-hydroxylation sites is 1. The van der Waals surface area contributed by atoms with E-state index < -0.39 is 24.8 Å². The summed E-state index contributed by atoms with van der Waals surface area (Å²) in [6.07, 6.45) is 0.447. The van der Waals surface area contributed by atoms with Crippen molar-refractivity contribution >= 4 is 53.6 Å². The van der Waals surface area contributed by atoms with Crippen LogP contribution in [0.5, 0.6) is 5.75 Å². The van der Waals surface area contributed by atoms with Crippen molar-refractivity contribution < 1.29 is 13.7 Å². The standard InChI is InChI=1S/C33H29N2OP.C31H26N3O2P/c1-23-10-12-25(13-11-23)33(26-14-18-28(34)19-15-26,27-16-20-29(35)21-17-27)37(36)22-24-6-2-3-7-30(24)31-8-4-5-9-32(31)37;32-24-15-9-21(10-16-24)31(22-11-17-25(33)18-12-22,23-13-19-26(34)20-14-23)37(35)30-8-4-2-6-28(30)27-5-1-3-7-29(27)36-37/h2-21H,22,34-35H2,1H3;1-20H,32-34H2. The molecule has 0 spiro atoms. The van der Waals surface area contributed by atoms with Crippen LogP contribution in [0.15, 0.2) is 243 Å². The highest BCUT2D eigenvalue weighted by Crippen LogP contribution is 2.73. The highest BCUT2D eigenvalue weighted by atomic mass is 31.2. The molecule has 2 atom stereocenters. The molecule has 2 unspecified atom stereocenters. The average Bonchev–Trinajstić information content (AvgIpc) is 3.42. The van der Waals surface area contributed by atoms with Crippen molar-refractivity contribution in [3.63, 3.8) is 0 Å². The summed E-state index contributed by atoms with van der Waals surface area (Å²) in [7, 11) is -7.08. The van der Waals surface area contributed by atoms with E-state index in [-0.39, 0.29) is 0 Å². The first kappa shape index (κ1) is 47.8. The Labute approximate surface area is 432 Å². The van der Waals surface area contributed by atoms with E-state index in [0.717, 1.165) is 72.1 Å². The monoisotopic (exact) mass is 1000 g/mol. The van der Waals surface area contributed by atoms with Gasteiger partial charge < -0.3 is 37.8 Å². The fourth-order valence-corrected chi connectivity index (χ4v) is 18.7. The molecule has 10 heteroatoms. The second kappa shape index (κ2) is 18.8. The molecule has 0 amide bonds. The molecule has 0 fully saturated rings. The molecule has 8 nitrogen and oxygen atoms in total. The Bertz CT molecular complexity index is 3310. The van der Waals surface area contributed by atoms with Crippen LogP contribution in [0.2, 0.25) is 0 Å². The molecule has 10 N–H and O–H groups in total. The Morgan fingerprint density at radius 1 is 0.351 bits per heavy atom. The number of rotatable bonds is 8. The first-order valence-electron chi connectivity index (χ1n) is 24.5. The SMILES string of the molecule is Cc1ccc(C(c2ccc(N)cc2)(c2ccc(N)cc2)P2(=O)Cc3ccccc3-c3ccccc32)cc1.Nc1ccc(C(c2ccc(N)cc2)(c2ccc(N)cc2)P2(=O)Oc3ccccc3-c3ccccc32)cc1. The van der Waals surface area contributed by atoms with Crippen LogP contribution in [0.1, 0.15) is 44.5 Å². The second-order valence-corrected chi connectivity index (χ2v) is 24.5. The fraction of sp³-hybridized carbons (Fsp3) is 0.0625. The first-order valence-corrected chi connectivity index (χ1v) is 28.0. The minimum Gasteiger partial charge on any atom is -0.438 e. The van der Waals surface area contributed by atoms with E-state index in [1.807, 2.05) is 188 Å². The van der Waals surface area contributed by atoms with Gasteiger partial charge in [0.2, 0.25) is 0 Å². The maximum Gasteiger partial charge on any atom is 0.296 e. The maximum atomic E-state index is 16.2. The summed E-state index contributed by atoms with van der Waals surface area (Å²) in [5, 5.41) is -0.626. The molecule has 12 rings (SSSR count). The molecule has 10 aromatic carbocycles. The molecule has 0 saturated carbocycles. The Balaban J connectivity index is 0.000000159. The van der Waals surface area contributed by atoms with E-state index in [2.05, 4.69) is 61.5 Å². The fourth-order valence-electron chi connectivity index (χ4n) is 11.3. The zero-order valence-corrected chi connectivity index (χ0v) is 42.6. The summed E-state index contributed by atoms with van der Waals surface area (Å²) in [4.78, 5) is 0. The van der Waals surface area contributed by atoms with E-state index in [4.69, 9.17) is 33.2 Å². The van der Waals surface area contributed by atoms with Gasteiger partial charge in [-0.05, 0) is 135 Å². The van der Waals surface area contributed by atoms with Crippen molar-refractivity contribution in [3.8, 4) is 28.0 Å². The summed E-state index contributed by atoms with van der Waals surface area (Å²) in [6, 6.07) is 78.8. The van der Waals surface area contributed by atoms with Gasteiger partial charge in [-0.15, -0.1) is 0 Å². The van der Waals surface area contributed by atoms with Gasteiger partial charge in [0.1, 0.15) is 23.2 Å². The van der Waals surface area contributed by atoms with Gasteiger partial charge in [0.05, 0.1) is 5.30 Å².